The fraction of sp³-hybridized carbons (Fsp3) is 0.684. The molecule has 136 valence electrons. The average molecular weight is 361 g/mol. The summed E-state index contributed by atoms with van der Waals surface area (Å²) in [5.74, 6) is 1.27. The number of fused-ring (bicyclic) bond motifs is 1. The molecule has 0 spiro atoms. The lowest BCUT2D eigenvalue weighted by atomic mass is 10.0. The Labute approximate surface area is 154 Å². The van der Waals surface area contributed by atoms with Crippen LogP contribution in [0.3, 0.4) is 0 Å². The molecule has 6 heteroatoms. The summed E-state index contributed by atoms with van der Waals surface area (Å²) in [6.45, 7) is 4.10. The van der Waals surface area contributed by atoms with Gasteiger partial charge in [0.15, 0.2) is 0 Å². The molecule has 2 aromatic heterocycles. The molecular weight excluding hydrogens is 332 g/mol. The Morgan fingerprint density at radius 3 is 2.92 bits per heavy atom. The number of nitrogens with zero attached hydrogens (tertiary/aromatic N) is 4. The summed E-state index contributed by atoms with van der Waals surface area (Å²) in [4.78, 5) is 12.4. The number of ether oxygens (including phenoxy) is 1. The SMILES string of the molecule is COC(C)c1nc(CN2CCCC2c2nc3c(n2C)CCCC3)cs1. The predicted molar refractivity (Wildman–Crippen MR) is 99.8 cm³/mol. The van der Waals surface area contributed by atoms with Crippen molar-refractivity contribution >= 4 is 11.3 Å². The van der Waals surface area contributed by atoms with Crippen molar-refractivity contribution < 1.29 is 4.74 Å². The second-order valence-electron chi connectivity index (χ2n) is 7.31. The van der Waals surface area contributed by atoms with E-state index >= 15 is 0 Å². The summed E-state index contributed by atoms with van der Waals surface area (Å²) in [7, 11) is 3.95. The van der Waals surface area contributed by atoms with Crippen LogP contribution in [0.1, 0.15) is 72.7 Å². The first-order valence-corrected chi connectivity index (χ1v) is 10.3. The maximum Gasteiger partial charge on any atom is 0.126 e. The highest BCUT2D eigenvalue weighted by Gasteiger charge is 2.32. The molecule has 1 fully saturated rings. The molecule has 5 nitrogen and oxygen atoms in total. The van der Waals surface area contributed by atoms with Crippen molar-refractivity contribution in [3.05, 3.63) is 33.3 Å². The molecule has 1 aliphatic heterocycles. The number of imidazole rings is 1. The van der Waals surface area contributed by atoms with Crippen molar-refractivity contribution in [1.82, 2.24) is 19.4 Å². The maximum absolute atomic E-state index is 5.39. The van der Waals surface area contributed by atoms with Crippen LogP contribution in [0.15, 0.2) is 5.38 Å². The molecule has 2 unspecified atom stereocenters. The van der Waals surface area contributed by atoms with Gasteiger partial charge >= 0.3 is 0 Å². The zero-order valence-electron chi connectivity index (χ0n) is 15.5. The molecule has 2 aliphatic rings. The van der Waals surface area contributed by atoms with E-state index in [0.29, 0.717) is 6.04 Å². The van der Waals surface area contributed by atoms with Crippen LogP contribution in [-0.4, -0.2) is 33.1 Å². The zero-order chi connectivity index (χ0) is 17.4. The first kappa shape index (κ1) is 17.2. The fourth-order valence-corrected chi connectivity index (χ4v) is 5.05. The van der Waals surface area contributed by atoms with Crippen molar-refractivity contribution in [1.29, 1.82) is 0 Å². The molecule has 0 aromatic carbocycles. The Kier molecular flexibility index (Phi) is 4.93. The molecule has 25 heavy (non-hydrogen) atoms. The number of thiazole rings is 1. The number of hydrogen-bond acceptors (Lipinski definition) is 5. The summed E-state index contributed by atoms with van der Waals surface area (Å²) in [5.41, 5.74) is 3.98. The first-order chi connectivity index (χ1) is 12.2. The third kappa shape index (κ3) is 3.27. The lowest BCUT2D eigenvalue weighted by Crippen LogP contribution is -2.25. The molecule has 0 N–H and O–H groups in total. The second-order valence-corrected chi connectivity index (χ2v) is 8.20. The number of rotatable bonds is 5. The Balaban J connectivity index is 1.53. The topological polar surface area (TPSA) is 43.2 Å². The van der Waals surface area contributed by atoms with Gasteiger partial charge in [-0.2, -0.15) is 0 Å². The lowest BCUT2D eigenvalue weighted by molar-refractivity contribution is 0.119. The number of aromatic nitrogens is 3. The van der Waals surface area contributed by atoms with Crippen molar-refractivity contribution in [2.45, 2.75) is 64.1 Å². The first-order valence-electron chi connectivity index (χ1n) is 9.43. The van der Waals surface area contributed by atoms with E-state index in [1.165, 1.54) is 49.3 Å². The van der Waals surface area contributed by atoms with Crippen LogP contribution in [0.25, 0.3) is 0 Å². The van der Waals surface area contributed by atoms with Gasteiger partial charge in [0.25, 0.3) is 0 Å². The van der Waals surface area contributed by atoms with Crippen molar-refractivity contribution in [3.8, 4) is 0 Å². The second kappa shape index (κ2) is 7.17. The van der Waals surface area contributed by atoms with Gasteiger partial charge in [-0.05, 0) is 52.0 Å². The lowest BCUT2D eigenvalue weighted by Gasteiger charge is -2.23. The van der Waals surface area contributed by atoms with Crippen LogP contribution < -0.4 is 0 Å². The highest BCUT2D eigenvalue weighted by Crippen LogP contribution is 2.35. The number of aryl methyl sites for hydroxylation is 1. The molecule has 2 atom stereocenters. The van der Waals surface area contributed by atoms with Gasteiger partial charge in [0, 0.05) is 31.8 Å². The smallest absolute Gasteiger partial charge is 0.126 e. The predicted octanol–water partition coefficient (Wildman–Crippen LogP) is 3.80. The van der Waals surface area contributed by atoms with E-state index in [0.717, 1.165) is 30.2 Å². The minimum atomic E-state index is 0.0781. The maximum atomic E-state index is 5.39. The minimum Gasteiger partial charge on any atom is -0.375 e. The quantitative estimate of drug-likeness (QED) is 0.813. The fourth-order valence-electron chi connectivity index (χ4n) is 4.20. The molecule has 0 radical (unpaired) electrons. The molecule has 3 heterocycles. The van der Waals surface area contributed by atoms with Gasteiger partial charge in [0.2, 0.25) is 0 Å². The van der Waals surface area contributed by atoms with Crippen LogP contribution in [-0.2, 0) is 31.2 Å². The molecule has 1 aliphatic carbocycles. The van der Waals surface area contributed by atoms with Crippen LogP contribution in [0.2, 0.25) is 0 Å². The Morgan fingerprint density at radius 1 is 1.28 bits per heavy atom. The van der Waals surface area contributed by atoms with Crippen LogP contribution in [0.4, 0.5) is 0 Å². The van der Waals surface area contributed by atoms with Crippen molar-refractivity contribution in [2.75, 3.05) is 13.7 Å². The summed E-state index contributed by atoms with van der Waals surface area (Å²) >= 11 is 1.70. The Morgan fingerprint density at radius 2 is 2.12 bits per heavy atom. The van der Waals surface area contributed by atoms with E-state index in [1.807, 2.05) is 0 Å². The van der Waals surface area contributed by atoms with Gasteiger partial charge in [0.1, 0.15) is 16.9 Å². The van der Waals surface area contributed by atoms with E-state index in [9.17, 15) is 0 Å². The minimum absolute atomic E-state index is 0.0781. The van der Waals surface area contributed by atoms with Gasteiger partial charge in [-0.3, -0.25) is 4.90 Å². The molecule has 0 bridgehead atoms. The van der Waals surface area contributed by atoms with Crippen LogP contribution >= 0.6 is 11.3 Å². The number of hydrogen-bond donors (Lipinski definition) is 0. The van der Waals surface area contributed by atoms with Gasteiger partial charge in [-0.1, -0.05) is 0 Å². The van der Waals surface area contributed by atoms with E-state index in [-0.39, 0.29) is 6.10 Å². The van der Waals surface area contributed by atoms with E-state index in [2.05, 4.69) is 28.8 Å². The zero-order valence-corrected chi connectivity index (χ0v) is 16.3. The summed E-state index contributed by atoms with van der Waals surface area (Å²) in [6, 6.07) is 0.431. The van der Waals surface area contributed by atoms with Crippen molar-refractivity contribution in [2.24, 2.45) is 7.05 Å². The molecular formula is C19H28N4OS. The van der Waals surface area contributed by atoms with Gasteiger partial charge in [0.05, 0.1) is 17.4 Å². The highest BCUT2D eigenvalue weighted by atomic mass is 32.1. The standard InChI is InChI=1S/C19H28N4OS/c1-13(24-3)19-20-14(12-25-19)11-23-10-6-9-17(23)18-21-15-7-4-5-8-16(15)22(18)2/h12-13,17H,4-11H2,1-3H3. The van der Waals surface area contributed by atoms with Crippen molar-refractivity contribution in [3.63, 3.8) is 0 Å². The average Bonchev–Trinajstić information content (AvgIpc) is 3.35. The van der Waals surface area contributed by atoms with Gasteiger partial charge in [-0.15, -0.1) is 11.3 Å². The molecule has 2 aromatic rings. The number of methoxy groups -OCH3 is 1. The monoisotopic (exact) mass is 360 g/mol. The number of likely N-dealkylation sites (tertiary alicyclic amines) is 1. The Hall–Kier alpha value is -1.24. The molecule has 1 saturated heterocycles. The van der Waals surface area contributed by atoms with Crippen LogP contribution in [0, 0.1) is 0 Å². The van der Waals surface area contributed by atoms with E-state index in [4.69, 9.17) is 14.7 Å². The third-order valence-corrected chi connectivity index (χ3v) is 6.76. The van der Waals surface area contributed by atoms with E-state index < -0.39 is 0 Å². The normalized spacial score (nSPS) is 22.3. The third-order valence-electron chi connectivity index (χ3n) is 5.71. The van der Waals surface area contributed by atoms with Gasteiger partial charge < -0.3 is 9.30 Å². The summed E-state index contributed by atoms with van der Waals surface area (Å²) in [5, 5.41) is 3.25. The molecule has 4 rings (SSSR count). The van der Waals surface area contributed by atoms with Crippen LogP contribution in [0.5, 0.6) is 0 Å². The Bertz CT molecular complexity index is 738. The molecule has 0 saturated carbocycles. The largest absolute Gasteiger partial charge is 0.375 e. The summed E-state index contributed by atoms with van der Waals surface area (Å²) < 4.78 is 7.78. The molecule has 0 amide bonds. The van der Waals surface area contributed by atoms with Gasteiger partial charge in [-0.25, -0.2) is 9.97 Å². The summed E-state index contributed by atoms with van der Waals surface area (Å²) in [6.07, 6.45) is 7.46. The van der Waals surface area contributed by atoms with E-state index in [1.54, 1.807) is 18.4 Å². The highest BCUT2D eigenvalue weighted by molar-refractivity contribution is 7.09.